The molecule has 0 saturated carbocycles. The number of aliphatic hydroxyl groups is 1. The zero-order valence-electron chi connectivity index (χ0n) is 11.1. The summed E-state index contributed by atoms with van der Waals surface area (Å²) >= 11 is 0. The Morgan fingerprint density at radius 3 is 2.88 bits per heavy atom. The molecule has 98 valence electrons. The molecule has 0 saturated heterocycles. The molecule has 1 heterocycles. The van der Waals surface area contributed by atoms with Crippen LogP contribution in [0.5, 0.6) is 0 Å². The first-order valence-corrected chi connectivity index (χ1v) is 6.39. The van der Waals surface area contributed by atoms with Crippen molar-refractivity contribution in [3.8, 4) is 0 Å². The maximum atomic E-state index is 9.59. The van der Waals surface area contributed by atoms with E-state index in [1.807, 2.05) is 4.68 Å². The number of hydrogen-bond donors (Lipinski definition) is 2. The van der Waals surface area contributed by atoms with Crippen molar-refractivity contribution < 1.29 is 5.11 Å². The van der Waals surface area contributed by atoms with Crippen LogP contribution >= 0.6 is 0 Å². The van der Waals surface area contributed by atoms with Crippen LogP contribution in [-0.2, 0) is 13.1 Å². The van der Waals surface area contributed by atoms with Gasteiger partial charge in [-0.2, -0.15) is 5.10 Å². The fourth-order valence-electron chi connectivity index (χ4n) is 1.71. The number of hydrogen-bond acceptors (Lipinski definition) is 4. The second-order valence-corrected chi connectivity index (χ2v) is 4.83. The lowest BCUT2D eigenvalue weighted by Crippen LogP contribution is -2.27. The summed E-state index contributed by atoms with van der Waals surface area (Å²) in [4.78, 5) is 4.22. The molecule has 0 bridgehead atoms. The highest BCUT2D eigenvalue weighted by molar-refractivity contribution is 4.84. The molecule has 0 aliphatic carbocycles. The van der Waals surface area contributed by atoms with E-state index in [9.17, 15) is 5.11 Å². The Labute approximate surface area is 103 Å². The molecule has 1 unspecified atom stereocenters. The summed E-state index contributed by atoms with van der Waals surface area (Å²) in [5.41, 5.74) is 0. The lowest BCUT2D eigenvalue weighted by atomic mass is 10.2. The van der Waals surface area contributed by atoms with E-state index in [0.29, 0.717) is 19.0 Å². The Morgan fingerprint density at radius 2 is 2.24 bits per heavy atom. The van der Waals surface area contributed by atoms with E-state index in [0.717, 1.165) is 25.2 Å². The number of nitrogens with one attached hydrogen (secondary N) is 1. The lowest BCUT2D eigenvalue weighted by Gasteiger charge is -2.12. The third-order valence-electron chi connectivity index (χ3n) is 2.52. The maximum absolute atomic E-state index is 9.59. The fraction of sp³-hybridized carbons (Fsp3) is 0.833. The summed E-state index contributed by atoms with van der Waals surface area (Å²) in [5.74, 6) is 1.49. The minimum Gasteiger partial charge on any atom is -0.392 e. The Morgan fingerprint density at radius 1 is 1.47 bits per heavy atom. The van der Waals surface area contributed by atoms with Crippen LogP contribution in [0, 0.1) is 5.92 Å². The Bertz CT molecular complexity index is 311. The van der Waals surface area contributed by atoms with Gasteiger partial charge >= 0.3 is 0 Å². The average Bonchev–Trinajstić information content (AvgIpc) is 2.65. The summed E-state index contributed by atoms with van der Waals surface area (Å²) in [5, 5.41) is 17.0. The van der Waals surface area contributed by atoms with Crippen molar-refractivity contribution in [1.29, 1.82) is 0 Å². The van der Waals surface area contributed by atoms with Crippen LogP contribution in [0.15, 0.2) is 6.33 Å². The zero-order valence-corrected chi connectivity index (χ0v) is 11.1. The quantitative estimate of drug-likeness (QED) is 0.716. The lowest BCUT2D eigenvalue weighted by molar-refractivity contribution is 0.160. The van der Waals surface area contributed by atoms with Crippen LogP contribution in [0.3, 0.4) is 0 Å². The van der Waals surface area contributed by atoms with E-state index >= 15 is 0 Å². The molecule has 1 rings (SSSR count). The van der Waals surface area contributed by atoms with Crippen LogP contribution < -0.4 is 5.32 Å². The molecule has 0 aliphatic rings. The van der Waals surface area contributed by atoms with Crippen LogP contribution in [0.25, 0.3) is 0 Å². The normalized spacial score (nSPS) is 13.2. The van der Waals surface area contributed by atoms with E-state index in [1.54, 1.807) is 6.33 Å². The van der Waals surface area contributed by atoms with Gasteiger partial charge in [0.25, 0.3) is 0 Å². The van der Waals surface area contributed by atoms with Crippen molar-refractivity contribution >= 4 is 0 Å². The topological polar surface area (TPSA) is 63.0 Å². The third-order valence-corrected chi connectivity index (χ3v) is 2.52. The molecule has 17 heavy (non-hydrogen) atoms. The van der Waals surface area contributed by atoms with Crippen LogP contribution in [-0.4, -0.2) is 32.5 Å². The summed E-state index contributed by atoms with van der Waals surface area (Å²) in [7, 11) is 0. The van der Waals surface area contributed by atoms with Crippen molar-refractivity contribution in [2.75, 3.05) is 6.54 Å². The van der Waals surface area contributed by atoms with Gasteiger partial charge in [0.1, 0.15) is 12.2 Å². The van der Waals surface area contributed by atoms with Crippen molar-refractivity contribution in [1.82, 2.24) is 20.1 Å². The number of nitrogens with zero attached hydrogens (tertiary/aromatic N) is 3. The molecular formula is C12H24N4O. The van der Waals surface area contributed by atoms with Crippen molar-refractivity contribution in [2.45, 2.75) is 52.8 Å². The Hall–Kier alpha value is -0.940. The molecule has 0 spiro atoms. The van der Waals surface area contributed by atoms with Gasteiger partial charge in [-0.15, -0.1) is 0 Å². The zero-order chi connectivity index (χ0) is 12.7. The maximum Gasteiger partial charge on any atom is 0.140 e. The Balaban J connectivity index is 2.33. The van der Waals surface area contributed by atoms with Gasteiger partial charge in [0.15, 0.2) is 0 Å². The molecule has 2 N–H and O–H groups in total. The predicted octanol–water partition coefficient (Wildman–Crippen LogP) is 1.18. The summed E-state index contributed by atoms with van der Waals surface area (Å²) in [6, 6.07) is 0. The number of aromatic nitrogens is 3. The van der Waals surface area contributed by atoms with Gasteiger partial charge in [0, 0.05) is 13.1 Å². The smallest absolute Gasteiger partial charge is 0.140 e. The summed E-state index contributed by atoms with van der Waals surface area (Å²) in [6.45, 7) is 8.54. The van der Waals surface area contributed by atoms with E-state index in [4.69, 9.17) is 0 Å². The van der Waals surface area contributed by atoms with E-state index in [2.05, 4.69) is 36.2 Å². The number of aliphatic hydroxyl groups excluding tert-OH is 1. The van der Waals surface area contributed by atoms with E-state index in [1.165, 1.54) is 0 Å². The first kappa shape index (κ1) is 14.1. The molecule has 0 radical (unpaired) electrons. The molecule has 0 amide bonds. The predicted molar refractivity (Wildman–Crippen MR) is 67.5 cm³/mol. The van der Waals surface area contributed by atoms with Gasteiger partial charge in [0.2, 0.25) is 0 Å². The fourth-order valence-corrected chi connectivity index (χ4v) is 1.71. The molecule has 1 aromatic rings. The highest BCUT2D eigenvalue weighted by Crippen LogP contribution is 2.01. The SMILES string of the molecule is CCCC(O)CNCc1ncnn1CC(C)C. The first-order valence-electron chi connectivity index (χ1n) is 6.39. The van der Waals surface area contributed by atoms with E-state index in [-0.39, 0.29) is 6.10 Å². The second kappa shape index (κ2) is 7.40. The highest BCUT2D eigenvalue weighted by Gasteiger charge is 2.07. The van der Waals surface area contributed by atoms with Crippen LogP contribution in [0.2, 0.25) is 0 Å². The average molecular weight is 240 g/mol. The Kier molecular flexibility index (Phi) is 6.15. The van der Waals surface area contributed by atoms with Gasteiger partial charge in [0.05, 0.1) is 12.6 Å². The first-order chi connectivity index (χ1) is 8.13. The molecule has 1 aromatic heterocycles. The van der Waals surface area contributed by atoms with Crippen molar-refractivity contribution in [2.24, 2.45) is 5.92 Å². The monoisotopic (exact) mass is 240 g/mol. The van der Waals surface area contributed by atoms with E-state index < -0.39 is 0 Å². The highest BCUT2D eigenvalue weighted by atomic mass is 16.3. The van der Waals surface area contributed by atoms with Gasteiger partial charge in [-0.3, -0.25) is 0 Å². The molecule has 5 nitrogen and oxygen atoms in total. The molecule has 5 heteroatoms. The summed E-state index contributed by atoms with van der Waals surface area (Å²) < 4.78 is 1.92. The van der Waals surface area contributed by atoms with Crippen molar-refractivity contribution in [3.63, 3.8) is 0 Å². The van der Waals surface area contributed by atoms with Crippen molar-refractivity contribution in [3.05, 3.63) is 12.2 Å². The minimum atomic E-state index is -0.263. The summed E-state index contributed by atoms with van der Waals surface area (Å²) in [6.07, 6.45) is 3.17. The number of rotatable bonds is 8. The molecular weight excluding hydrogens is 216 g/mol. The molecule has 0 aromatic carbocycles. The molecule has 1 atom stereocenters. The van der Waals surface area contributed by atoms with Crippen LogP contribution in [0.4, 0.5) is 0 Å². The van der Waals surface area contributed by atoms with Crippen LogP contribution in [0.1, 0.15) is 39.4 Å². The van der Waals surface area contributed by atoms with Gasteiger partial charge in [-0.1, -0.05) is 27.2 Å². The largest absolute Gasteiger partial charge is 0.392 e. The molecule has 0 aliphatic heterocycles. The standard InChI is InChI=1S/C12H24N4O/c1-4-5-11(17)6-13-7-12-14-9-15-16(12)8-10(2)3/h9-11,13,17H,4-8H2,1-3H3. The van der Waals surface area contributed by atoms with Gasteiger partial charge in [-0.05, 0) is 12.3 Å². The van der Waals surface area contributed by atoms with Gasteiger partial charge < -0.3 is 10.4 Å². The minimum absolute atomic E-state index is 0.263. The third kappa shape index (κ3) is 5.28. The van der Waals surface area contributed by atoms with Gasteiger partial charge in [-0.25, -0.2) is 9.67 Å². The molecule has 0 fully saturated rings. The second-order valence-electron chi connectivity index (χ2n) is 4.83.